The van der Waals surface area contributed by atoms with Crippen molar-refractivity contribution in [2.24, 2.45) is 0 Å². The van der Waals surface area contributed by atoms with E-state index in [1.807, 2.05) is 45.0 Å². The Kier molecular flexibility index (Phi) is 6.44. The van der Waals surface area contributed by atoms with Gasteiger partial charge in [-0.25, -0.2) is 0 Å². The topological polar surface area (TPSA) is 91.9 Å². The van der Waals surface area contributed by atoms with Gasteiger partial charge in [-0.1, -0.05) is 18.2 Å². The lowest BCUT2D eigenvalue weighted by Gasteiger charge is -2.25. The minimum Gasteiger partial charge on any atom is -0.507 e. The highest BCUT2D eigenvalue weighted by atomic mass is 16.5. The molecule has 4 aromatic rings. The number of aryl methyl sites for hydroxylation is 1. The number of hydrogen-bond donors (Lipinski definition) is 2. The zero-order chi connectivity index (χ0) is 26.1. The van der Waals surface area contributed by atoms with Gasteiger partial charge in [0.1, 0.15) is 17.3 Å². The summed E-state index contributed by atoms with van der Waals surface area (Å²) in [5.74, 6) is -0.316. The summed E-state index contributed by atoms with van der Waals surface area (Å²) in [7, 11) is 0. The maximum absolute atomic E-state index is 13.5. The molecule has 0 radical (unpaired) electrons. The number of carbonyl (C=O) groups excluding carboxylic acids is 2. The van der Waals surface area contributed by atoms with Gasteiger partial charge in [0.15, 0.2) is 0 Å². The molecule has 2 N–H and O–H groups in total. The van der Waals surface area contributed by atoms with Gasteiger partial charge in [0.2, 0.25) is 0 Å². The molecule has 0 aliphatic carbocycles. The van der Waals surface area contributed by atoms with Gasteiger partial charge in [0.25, 0.3) is 11.7 Å². The number of aromatic nitrogens is 1. The fourth-order valence-corrected chi connectivity index (χ4v) is 4.85. The summed E-state index contributed by atoms with van der Waals surface area (Å²) >= 11 is 0. The van der Waals surface area contributed by atoms with Crippen molar-refractivity contribution in [3.8, 4) is 11.5 Å². The van der Waals surface area contributed by atoms with Gasteiger partial charge in [0.05, 0.1) is 24.8 Å². The molecule has 7 heteroatoms. The molecule has 3 aromatic carbocycles. The van der Waals surface area contributed by atoms with E-state index in [1.54, 1.807) is 48.7 Å². The highest BCUT2D eigenvalue weighted by Crippen LogP contribution is 2.44. The van der Waals surface area contributed by atoms with Crippen LogP contribution in [0.25, 0.3) is 16.7 Å². The van der Waals surface area contributed by atoms with Crippen molar-refractivity contribution in [1.82, 2.24) is 4.98 Å². The van der Waals surface area contributed by atoms with Gasteiger partial charge < -0.3 is 19.6 Å². The Morgan fingerprint density at radius 2 is 1.70 bits per heavy atom. The number of ketones is 1. The molecule has 1 aliphatic heterocycles. The average Bonchev–Trinajstić information content (AvgIpc) is 3.44. The first-order valence-electron chi connectivity index (χ1n) is 12.3. The Hall–Kier alpha value is -4.52. The van der Waals surface area contributed by atoms with Crippen molar-refractivity contribution >= 4 is 34.0 Å². The number of para-hydroxylation sites is 1. The number of nitrogens with zero attached hydrogens (tertiary/aromatic N) is 1. The Labute approximate surface area is 214 Å². The first-order chi connectivity index (χ1) is 17.9. The maximum atomic E-state index is 13.5. The third-order valence-electron chi connectivity index (χ3n) is 6.53. The van der Waals surface area contributed by atoms with Crippen LogP contribution in [0.2, 0.25) is 0 Å². The number of ether oxygens (including phenoxy) is 2. The second-order valence-corrected chi connectivity index (χ2v) is 8.80. The van der Waals surface area contributed by atoms with Crippen LogP contribution in [0.4, 0.5) is 5.69 Å². The number of hydrogen-bond acceptors (Lipinski definition) is 5. The number of aliphatic hydroxyl groups is 1. The number of benzene rings is 3. The average molecular weight is 497 g/mol. The van der Waals surface area contributed by atoms with Gasteiger partial charge in [0, 0.05) is 33.9 Å². The summed E-state index contributed by atoms with van der Waals surface area (Å²) in [6.45, 7) is 6.70. The molecule has 1 atom stereocenters. The van der Waals surface area contributed by atoms with Crippen molar-refractivity contribution in [3.05, 3.63) is 95.2 Å². The van der Waals surface area contributed by atoms with Crippen LogP contribution < -0.4 is 14.4 Å². The highest BCUT2D eigenvalue weighted by Gasteiger charge is 2.47. The molecule has 7 nitrogen and oxygen atoms in total. The number of H-pyrrole nitrogens is 1. The molecule has 1 aliphatic rings. The number of aliphatic hydroxyl groups excluding tert-OH is 1. The molecule has 1 unspecified atom stereocenters. The van der Waals surface area contributed by atoms with E-state index in [1.165, 1.54) is 4.90 Å². The third-order valence-corrected chi connectivity index (χ3v) is 6.53. The number of amides is 1. The number of Topliss-reactive ketones (excluding diaryl/α,β-unsaturated/α-hetero) is 1. The van der Waals surface area contributed by atoms with E-state index >= 15 is 0 Å². The first-order valence-corrected chi connectivity index (χ1v) is 12.3. The molecule has 188 valence electrons. The minimum absolute atomic E-state index is 0.0344. The highest BCUT2D eigenvalue weighted by molar-refractivity contribution is 6.51. The smallest absolute Gasteiger partial charge is 0.300 e. The molecule has 1 aromatic heterocycles. The predicted octanol–water partition coefficient (Wildman–Crippen LogP) is 5.90. The molecule has 2 heterocycles. The molecule has 0 spiro atoms. The molecule has 1 amide bonds. The van der Waals surface area contributed by atoms with E-state index in [0.29, 0.717) is 41.5 Å². The van der Waals surface area contributed by atoms with Crippen LogP contribution >= 0.6 is 0 Å². The summed E-state index contributed by atoms with van der Waals surface area (Å²) in [6.07, 6.45) is 1.79. The molecule has 1 saturated heterocycles. The van der Waals surface area contributed by atoms with Gasteiger partial charge in [-0.15, -0.1) is 0 Å². The van der Waals surface area contributed by atoms with Crippen LogP contribution in [0.1, 0.15) is 36.6 Å². The monoisotopic (exact) mass is 496 g/mol. The first kappa shape index (κ1) is 24.2. The van der Waals surface area contributed by atoms with E-state index in [-0.39, 0.29) is 11.3 Å². The Morgan fingerprint density at radius 3 is 2.41 bits per heavy atom. The van der Waals surface area contributed by atoms with E-state index < -0.39 is 17.7 Å². The number of rotatable bonds is 7. The fourth-order valence-electron chi connectivity index (χ4n) is 4.85. The summed E-state index contributed by atoms with van der Waals surface area (Å²) in [5.41, 5.74) is 3.40. The van der Waals surface area contributed by atoms with Crippen molar-refractivity contribution in [1.29, 1.82) is 0 Å². The summed E-state index contributed by atoms with van der Waals surface area (Å²) in [5, 5.41) is 12.3. The standard InChI is InChI=1S/C30H28N2O5/c1-4-36-21-13-11-20(12-14-21)32-27(23-17-31-24-9-7-6-8-22(23)24)26(29(34)30(32)35)28(33)19-10-15-25(37-5-2)18(3)16-19/h6-17,27,31,33H,4-5H2,1-3H3/b28-26+. The lowest BCUT2D eigenvalue weighted by atomic mass is 9.94. The number of anilines is 1. The van der Waals surface area contributed by atoms with Crippen LogP contribution in [0.15, 0.2) is 78.5 Å². The van der Waals surface area contributed by atoms with Gasteiger partial charge in [-0.3, -0.25) is 14.5 Å². The van der Waals surface area contributed by atoms with E-state index in [2.05, 4.69) is 4.98 Å². The second kappa shape index (κ2) is 9.85. The van der Waals surface area contributed by atoms with Crippen LogP contribution in [0.5, 0.6) is 11.5 Å². The van der Waals surface area contributed by atoms with Crippen LogP contribution in [-0.2, 0) is 9.59 Å². The van der Waals surface area contributed by atoms with Crippen LogP contribution in [0, 0.1) is 6.92 Å². The lowest BCUT2D eigenvalue weighted by molar-refractivity contribution is -0.132. The molecule has 37 heavy (non-hydrogen) atoms. The Bertz CT molecular complexity index is 1520. The van der Waals surface area contributed by atoms with Crippen LogP contribution in [0.3, 0.4) is 0 Å². The predicted molar refractivity (Wildman–Crippen MR) is 143 cm³/mol. The number of carbonyl (C=O) groups is 2. The van der Waals surface area contributed by atoms with Gasteiger partial charge in [-0.05, 0) is 74.9 Å². The minimum atomic E-state index is -0.832. The quantitative estimate of drug-likeness (QED) is 0.189. The van der Waals surface area contributed by atoms with Crippen LogP contribution in [-0.4, -0.2) is 35.0 Å². The molecule has 5 rings (SSSR count). The molecular weight excluding hydrogens is 468 g/mol. The van der Waals surface area contributed by atoms with E-state index in [4.69, 9.17) is 9.47 Å². The third kappa shape index (κ3) is 4.22. The molecular formula is C30H28N2O5. The molecule has 0 saturated carbocycles. The summed E-state index contributed by atoms with van der Waals surface area (Å²) in [4.78, 5) is 31.7. The Morgan fingerprint density at radius 1 is 0.973 bits per heavy atom. The van der Waals surface area contributed by atoms with Crippen molar-refractivity contribution in [3.63, 3.8) is 0 Å². The maximum Gasteiger partial charge on any atom is 0.300 e. The van der Waals surface area contributed by atoms with Crippen molar-refractivity contribution in [2.45, 2.75) is 26.8 Å². The fraction of sp³-hybridized carbons (Fsp3) is 0.200. The van der Waals surface area contributed by atoms with Gasteiger partial charge >= 0.3 is 0 Å². The van der Waals surface area contributed by atoms with E-state index in [0.717, 1.165) is 16.5 Å². The zero-order valence-electron chi connectivity index (χ0n) is 20.9. The number of nitrogens with one attached hydrogen (secondary N) is 1. The lowest BCUT2D eigenvalue weighted by Crippen LogP contribution is -2.29. The summed E-state index contributed by atoms with van der Waals surface area (Å²) < 4.78 is 11.2. The molecule has 1 fully saturated rings. The normalized spacial score (nSPS) is 16.9. The Balaban J connectivity index is 1.70. The summed E-state index contributed by atoms with van der Waals surface area (Å²) in [6, 6.07) is 19.1. The number of fused-ring (bicyclic) bond motifs is 1. The van der Waals surface area contributed by atoms with E-state index in [9.17, 15) is 14.7 Å². The SMILES string of the molecule is CCOc1ccc(N2C(=O)C(=O)/C(=C(/O)c3ccc(OCC)c(C)c3)C2c2c[nH]c3ccccc23)cc1. The second-order valence-electron chi connectivity index (χ2n) is 8.80. The van der Waals surface area contributed by atoms with Crippen molar-refractivity contribution in [2.75, 3.05) is 18.1 Å². The van der Waals surface area contributed by atoms with Crippen molar-refractivity contribution < 1.29 is 24.2 Å². The van der Waals surface area contributed by atoms with Gasteiger partial charge in [-0.2, -0.15) is 0 Å². The molecule has 0 bridgehead atoms. The number of aromatic amines is 1. The zero-order valence-corrected chi connectivity index (χ0v) is 20.9. The largest absolute Gasteiger partial charge is 0.507 e.